The topological polar surface area (TPSA) is 74.0 Å². The van der Waals surface area contributed by atoms with Crippen LogP contribution in [0.5, 0.6) is 17.2 Å². The molecule has 0 saturated carbocycles. The van der Waals surface area contributed by atoms with E-state index >= 15 is 0 Å². The fourth-order valence-electron chi connectivity index (χ4n) is 3.49. The van der Waals surface area contributed by atoms with Crippen LogP contribution in [0.25, 0.3) is 5.57 Å². The summed E-state index contributed by atoms with van der Waals surface area (Å²) in [6.45, 7) is 4.83. The highest BCUT2D eigenvalue weighted by atomic mass is 16.5. The second-order valence-corrected chi connectivity index (χ2v) is 6.55. The van der Waals surface area contributed by atoms with Crippen molar-refractivity contribution < 1.29 is 23.5 Å². The molecular weight excluding hydrogens is 360 g/mol. The van der Waals surface area contributed by atoms with Crippen LogP contribution >= 0.6 is 0 Å². The number of rotatable bonds is 6. The summed E-state index contributed by atoms with van der Waals surface area (Å²) in [6.07, 6.45) is 3.40. The summed E-state index contributed by atoms with van der Waals surface area (Å²) in [5.41, 5.74) is 3.26. The van der Waals surface area contributed by atoms with E-state index in [1.165, 1.54) is 0 Å². The Balaban J connectivity index is 1.88. The van der Waals surface area contributed by atoms with Gasteiger partial charge in [-0.2, -0.15) is 0 Å². The molecule has 0 N–H and O–H groups in total. The normalized spacial score (nSPS) is 13.9. The predicted octanol–water partition coefficient (Wildman–Crippen LogP) is 3.50. The number of methoxy groups -OCH3 is 3. The minimum atomic E-state index is -0.0421. The van der Waals surface area contributed by atoms with Crippen molar-refractivity contribution in [3.63, 3.8) is 0 Å². The Bertz CT molecular complexity index is 875. The summed E-state index contributed by atoms with van der Waals surface area (Å²) in [6, 6.07) is 3.68. The number of hydrogen-bond acceptors (Lipinski definition) is 6. The molecule has 0 radical (unpaired) electrons. The van der Waals surface area contributed by atoms with Gasteiger partial charge in [0.25, 0.3) is 5.91 Å². The molecule has 7 heteroatoms. The van der Waals surface area contributed by atoms with Crippen LogP contribution in [0.15, 0.2) is 22.7 Å². The molecule has 1 amide bonds. The molecule has 150 valence electrons. The number of carbonyl (C=O) groups excluding carboxylic acids is 1. The quantitative estimate of drug-likeness (QED) is 0.756. The number of amides is 1. The van der Waals surface area contributed by atoms with Crippen LogP contribution in [0.3, 0.4) is 0 Å². The number of carbonyl (C=O) groups is 1. The second-order valence-electron chi connectivity index (χ2n) is 6.55. The number of hydrogen-bond donors (Lipinski definition) is 0. The van der Waals surface area contributed by atoms with Gasteiger partial charge in [-0.3, -0.25) is 4.79 Å². The molecule has 0 unspecified atom stereocenters. The van der Waals surface area contributed by atoms with E-state index in [1.807, 2.05) is 30.0 Å². The fourth-order valence-corrected chi connectivity index (χ4v) is 3.49. The van der Waals surface area contributed by atoms with Crippen molar-refractivity contribution in [3.05, 3.63) is 40.8 Å². The molecule has 1 aromatic heterocycles. The third-order valence-corrected chi connectivity index (χ3v) is 5.01. The first-order valence-electron chi connectivity index (χ1n) is 9.27. The average molecular weight is 386 g/mol. The molecule has 1 aliphatic rings. The van der Waals surface area contributed by atoms with Gasteiger partial charge in [0.15, 0.2) is 0 Å². The minimum absolute atomic E-state index is 0.0421. The zero-order valence-corrected chi connectivity index (χ0v) is 17.0. The molecule has 2 aromatic rings. The number of nitrogens with zero attached hydrogens (tertiary/aromatic N) is 2. The molecule has 1 aliphatic heterocycles. The Morgan fingerprint density at radius 2 is 1.86 bits per heavy atom. The first-order chi connectivity index (χ1) is 13.5. The van der Waals surface area contributed by atoms with E-state index in [0.717, 1.165) is 11.1 Å². The number of aromatic nitrogens is 1. The maximum Gasteiger partial charge on any atom is 0.259 e. The molecule has 7 nitrogen and oxygen atoms in total. The van der Waals surface area contributed by atoms with Gasteiger partial charge in [0.1, 0.15) is 28.6 Å². The van der Waals surface area contributed by atoms with Gasteiger partial charge in [-0.05, 0) is 25.3 Å². The zero-order valence-electron chi connectivity index (χ0n) is 17.0. The summed E-state index contributed by atoms with van der Waals surface area (Å²) in [7, 11) is 4.85. The van der Waals surface area contributed by atoms with Crippen LogP contribution in [0, 0.1) is 6.92 Å². The van der Waals surface area contributed by atoms with Gasteiger partial charge in [0.05, 0.1) is 32.6 Å². The Morgan fingerprint density at radius 1 is 1.18 bits per heavy atom. The van der Waals surface area contributed by atoms with Crippen LogP contribution in [0.2, 0.25) is 0 Å². The van der Waals surface area contributed by atoms with Crippen molar-refractivity contribution in [2.75, 3.05) is 34.4 Å². The molecule has 0 atom stereocenters. The van der Waals surface area contributed by atoms with Crippen molar-refractivity contribution in [1.29, 1.82) is 0 Å². The smallest absolute Gasteiger partial charge is 0.259 e. The molecular formula is C21H26N2O5. The van der Waals surface area contributed by atoms with E-state index in [-0.39, 0.29) is 5.91 Å². The first kappa shape index (κ1) is 19.8. The SMILES string of the molecule is CCc1noc(C)c1C(=O)N1CC=C(c2c(OC)cc(OC)cc2OC)CC1. The van der Waals surface area contributed by atoms with Crippen LogP contribution in [0.4, 0.5) is 0 Å². The highest BCUT2D eigenvalue weighted by Gasteiger charge is 2.27. The molecule has 0 aliphatic carbocycles. The minimum Gasteiger partial charge on any atom is -0.496 e. The highest BCUT2D eigenvalue weighted by molar-refractivity contribution is 5.96. The largest absolute Gasteiger partial charge is 0.496 e. The first-order valence-corrected chi connectivity index (χ1v) is 9.27. The van der Waals surface area contributed by atoms with Crippen LogP contribution in [0.1, 0.15) is 40.7 Å². The van der Waals surface area contributed by atoms with Crippen molar-refractivity contribution in [3.8, 4) is 17.2 Å². The molecule has 3 rings (SSSR count). The lowest BCUT2D eigenvalue weighted by molar-refractivity contribution is 0.0770. The zero-order chi connectivity index (χ0) is 20.3. The van der Waals surface area contributed by atoms with E-state index in [2.05, 4.69) is 5.16 Å². The number of ether oxygens (including phenoxy) is 3. The third-order valence-electron chi connectivity index (χ3n) is 5.01. The second kappa shape index (κ2) is 8.37. The molecule has 28 heavy (non-hydrogen) atoms. The summed E-state index contributed by atoms with van der Waals surface area (Å²) < 4.78 is 21.7. The van der Waals surface area contributed by atoms with Gasteiger partial charge >= 0.3 is 0 Å². The lowest BCUT2D eigenvalue weighted by Crippen LogP contribution is -2.35. The van der Waals surface area contributed by atoms with E-state index in [4.69, 9.17) is 18.7 Å². The Morgan fingerprint density at radius 3 is 2.36 bits per heavy atom. The number of aryl methyl sites for hydroxylation is 2. The number of benzene rings is 1. The summed E-state index contributed by atoms with van der Waals surface area (Å²) in [5, 5.41) is 3.99. The fraction of sp³-hybridized carbons (Fsp3) is 0.429. The van der Waals surface area contributed by atoms with Gasteiger partial charge in [0, 0.05) is 25.2 Å². The van der Waals surface area contributed by atoms with Crippen molar-refractivity contribution in [2.45, 2.75) is 26.7 Å². The Hall–Kier alpha value is -2.96. The van der Waals surface area contributed by atoms with E-state index in [9.17, 15) is 4.79 Å². The molecule has 0 fully saturated rings. The van der Waals surface area contributed by atoms with Crippen molar-refractivity contribution >= 4 is 11.5 Å². The van der Waals surface area contributed by atoms with Crippen molar-refractivity contribution in [2.24, 2.45) is 0 Å². The van der Waals surface area contributed by atoms with E-state index in [1.54, 1.807) is 28.3 Å². The Labute approximate surface area is 164 Å². The van der Waals surface area contributed by atoms with Crippen molar-refractivity contribution in [1.82, 2.24) is 10.1 Å². The maximum atomic E-state index is 13.0. The summed E-state index contributed by atoms with van der Waals surface area (Å²) >= 11 is 0. The van der Waals surface area contributed by atoms with Gasteiger partial charge in [0.2, 0.25) is 0 Å². The molecule has 0 spiro atoms. The van der Waals surface area contributed by atoms with Gasteiger partial charge in [-0.25, -0.2) is 0 Å². The standard InChI is InChI=1S/C21H26N2O5/c1-6-16-19(13(2)28-22-16)21(24)23-9-7-14(8-10-23)20-17(26-4)11-15(25-3)12-18(20)27-5/h7,11-12H,6,8-10H2,1-5H3. The summed E-state index contributed by atoms with van der Waals surface area (Å²) in [5.74, 6) is 2.56. The van der Waals surface area contributed by atoms with E-state index in [0.29, 0.717) is 60.2 Å². The molecule has 1 aromatic carbocycles. The van der Waals surface area contributed by atoms with Crippen LogP contribution in [-0.4, -0.2) is 50.4 Å². The molecule has 0 saturated heterocycles. The van der Waals surface area contributed by atoms with Crippen LogP contribution in [-0.2, 0) is 6.42 Å². The monoisotopic (exact) mass is 386 g/mol. The van der Waals surface area contributed by atoms with Gasteiger partial charge < -0.3 is 23.6 Å². The summed E-state index contributed by atoms with van der Waals surface area (Å²) in [4.78, 5) is 14.8. The van der Waals surface area contributed by atoms with Gasteiger partial charge in [-0.15, -0.1) is 0 Å². The highest BCUT2D eigenvalue weighted by Crippen LogP contribution is 2.41. The molecule has 2 heterocycles. The van der Waals surface area contributed by atoms with Crippen LogP contribution < -0.4 is 14.2 Å². The average Bonchev–Trinajstić information content (AvgIpc) is 3.12. The lowest BCUT2D eigenvalue weighted by Gasteiger charge is -2.28. The maximum absolute atomic E-state index is 13.0. The van der Waals surface area contributed by atoms with Gasteiger partial charge in [-0.1, -0.05) is 18.2 Å². The lowest BCUT2D eigenvalue weighted by atomic mass is 9.96. The third kappa shape index (κ3) is 3.56. The predicted molar refractivity (Wildman–Crippen MR) is 105 cm³/mol. The Kier molecular flexibility index (Phi) is 5.92. The molecule has 0 bridgehead atoms. The van der Waals surface area contributed by atoms with E-state index < -0.39 is 0 Å².